The Bertz CT molecular complexity index is 1200. The van der Waals surface area contributed by atoms with Gasteiger partial charge in [-0.1, -0.05) is 59.6 Å². The molecule has 6 heteroatoms. The lowest BCUT2D eigenvalue weighted by Crippen LogP contribution is -2.46. The first kappa shape index (κ1) is 20.3. The van der Waals surface area contributed by atoms with Crippen LogP contribution in [0, 0.1) is 0 Å². The predicted molar refractivity (Wildman–Crippen MR) is 129 cm³/mol. The summed E-state index contributed by atoms with van der Waals surface area (Å²) >= 11 is 12.3. The van der Waals surface area contributed by atoms with Crippen molar-refractivity contribution in [3.63, 3.8) is 0 Å². The number of anilines is 1. The first-order valence-electron chi connectivity index (χ1n) is 10.4. The molecule has 0 N–H and O–H groups in total. The van der Waals surface area contributed by atoms with Crippen molar-refractivity contribution in [1.29, 1.82) is 0 Å². The second-order valence-electron chi connectivity index (χ2n) is 7.79. The SMILES string of the molecule is Clc1ccc(-c2ccccc2CN2CCN(c3ccc4c(Cl)ncnc4c3)CC2)cc1. The van der Waals surface area contributed by atoms with Crippen molar-refractivity contribution in [2.45, 2.75) is 6.54 Å². The quantitative estimate of drug-likeness (QED) is 0.362. The summed E-state index contributed by atoms with van der Waals surface area (Å²) in [5.74, 6) is 0. The molecule has 1 aliphatic heterocycles. The van der Waals surface area contributed by atoms with Crippen LogP contribution in [0.25, 0.3) is 22.0 Å². The Hall–Kier alpha value is -2.66. The van der Waals surface area contributed by atoms with E-state index in [2.05, 4.69) is 68.3 Å². The fraction of sp³-hybridized carbons (Fsp3) is 0.200. The molecule has 3 aromatic carbocycles. The van der Waals surface area contributed by atoms with E-state index in [1.807, 2.05) is 18.2 Å². The van der Waals surface area contributed by atoms with Crippen LogP contribution in [0.3, 0.4) is 0 Å². The lowest BCUT2D eigenvalue weighted by Gasteiger charge is -2.36. The first-order chi connectivity index (χ1) is 15.2. The van der Waals surface area contributed by atoms with Crippen molar-refractivity contribution >= 4 is 39.8 Å². The third kappa shape index (κ3) is 4.38. The molecule has 2 heterocycles. The molecule has 0 spiro atoms. The molecule has 4 aromatic rings. The standard InChI is InChI=1S/C25H22Cl2N4/c26-20-7-5-18(6-8-20)22-4-2-1-3-19(22)16-30-11-13-31(14-12-30)21-9-10-23-24(15-21)28-17-29-25(23)27/h1-10,15,17H,11-14,16H2. The lowest BCUT2D eigenvalue weighted by molar-refractivity contribution is 0.250. The van der Waals surface area contributed by atoms with Gasteiger partial charge < -0.3 is 4.90 Å². The minimum atomic E-state index is 0.501. The lowest BCUT2D eigenvalue weighted by atomic mass is 9.99. The van der Waals surface area contributed by atoms with Gasteiger partial charge >= 0.3 is 0 Å². The van der Waals surface area contributed by atoms with Crippen molar-refractivity contribution in [3.8, 4) is 11.1 Å². The molecular weight excluding hydrogens is 427 g/mol. The van der Waals surface area contributed by atoms with Gasteiger partial charge in [0.15, 0.2) is 0 Å². The smallest absolute Gasteiger partial charge is 0.140 e. The minimum Gasteiger partial charge on any atom is -0.369 e. The van der Waals surface area contributed by atoms with E-state index >= 15 is 0 Å². The highest BCUT2D eigenvalue weighted by molar-refractivity contribution is 6.34. The molecule has 1 aliphatic rings. The number of rotatable bonds is 4. The van der Waals surface area contributed by atoms with Gasteiger partial charge in [-0.25, -0.2) is 9.97 Å². The average molecular weight is 449 g/mol. The van der Waals surface area contributed by atoms with Gasteiger partial charge in [0.25, 0.3) is 0 Å². The monoisotopic (exact) mass is 448 g/mol. The fourth-order valence-corrected chi connectivity index (χ4v) is 4.51. The molecule has 156 valence electrons. The van der Waals surface area contributed by atoms with E-state index in [9.17, 15) is 0 Å². The number of nitrogens with zero attached hydrogens (tertiary/aromatic N) is 4. The van der Waals surface area contributed by atoms with Crippen LogP contribution in [0.1, 0.15) is 5.56 Å². The average Bonchev–Trinajstić information content (AvgIpc) is 2.81. The van der Waals surface area contributed by atoms with Gasteiger partial charge in [0.1, 0.15) is 11.5 Å². The number of benzene rings is 3. The zero-order chi connectivity index (χ0) is 21.2. The van der Waals surface area contributed by atoms with Crippen LogP contribution in [0.15, 0.2) is 73.1 Å². The maximum atomic E-state index is 6.18. The fourth-order valence-electron chi connectivity index (χ4n) is 4.18. The Balaban J connectivity index is 1.28. The van der Waals surface area contributed by atoms with Crippen LogP contribution >= 0.6 is 23.2 Å². The Morgan fingerprint density at radius 2 is 1.58 bits per heavy atom. The van der Waals surface area contributed by atoms with Crippen molar-refractivity contribution in [1.82, 2.24) is 14.9 Å². The molecule has 5 rings (SSSR count). The zero-order valence-corrected chi connectivity index (χ0v) is 18.5. The molecule has 1 aromatic heterocycles. The van der Waals surface area contributed by atoms with E-state index in [1.54, 1.807) is 0 Å². The highest BCUT2D eigenvalue weighted by atomic mass is 35.5. The zero-order valence-electron chi connectivity index (χ0n) is 17.0. The highest BCUT2D eigenvalue weighted by Gasteiger charge is 2.19. The first-order valence-corrected chi connectivity index (χ1v) is 11.1. The number of aromatic nitrogens is 2. The van der Waals surface area contributed by atoms with E-state index in [0.29, 0.717) is 5.15 Å². The van der Waals surface area contributed by atoms with Crippen LogP contribution in [0.4, 0.5) is 5.69 Å². The number of hydrogen-bond acceptors (Lipinski definition) is 4. The summed E-state index contributed by atoms with van der Waals surface area (Å²) in [6.45, 7) is 4.92. The van der Waals surface area contributed by atoms with Gasteiger partial charge in [-0.15, -0.1) is 0 Å². The molecule has 1 saturated heterocycles. The van der Waals surface area contributed by atoms with Crippen LogP contribution in [0.5, 0.6) is 0 Å². The summed E-state index contributed by atoms with van der Waals surface area (Å²) < 4.78 is 0. The minimum absolute atomic E-state index is 0.501. The summed E-state index contributed by atoms with van der Waals surface area (Å²) in [5.41, 5.74) is 5.89. The van der Waals surface area contributed by atoms with Gasteiger partial charge in [0.2, 0.25) is 0 Å². The number of hydrogen-bond donors (Lipinski definition) is 0. The maximum absolute atomic E-state index is 6.18. The second-order valence-corrected chi connectivity index (χ2v) is 8.59. The molecule has 0 saturated carbocycles. The van der Waals surface area contributed by atoms with Crippen LogP contribution in [0.2, 0.25) is 10.2 Å². The summed E-state index contributed by atoms with van der Waals surface area (Å²) in [6, 6.07) is 23.0. The van der Waals surface area contributed by atoms with Gasteiger partial charge in [0.05, 0.1) is 5.52 Å². The molecule has 0 unspecified atom stereocenters. The Labute approximate surface area is 192 Å². The van der Waals surface area contributed by atoms with Gasteiger partial charge in [-0.3, -0.25) is 4.90 Å². The predicted octanol–water partition coefficient (Wildman–Crippen LogP) is 5.93. The van der Waals surface area contributed by atoms with E-state index in [4.69, 9.17) is 23.2 Å². The number of piperazine rings is 1. The molecule has 4 nitrogen and oxygen atoms in total. The van der Waals surface area contributed by atoms with E-state index in [-0.39, 0.29) is 0 Å². The van der Waals surface area contributed by atoms with E-state index in [1.165, 1.54) is 28.7 Å². The second kappa shape index (κ2) is 8.83. The molecular formula is C25H22Cl2N4. The van der Waals surface area contributed by atoms with Crippen LogP contribution in [-0.2, 0) is 6.54 Å². The summed E-state index contributed by atoms with van der Waals surface area (Å²) in [6.07, 6.45) is 1.52. The third-order valence-electron chi connectivity index (χ3n) is 5.88. The van der Waals surface area contributed by atoms with Crippen molar-refractivity contribution in [2.24, 2.45) is 0 Å². The number of halogens is 2. The molecule has 0 bridgehead atoms. The molecule has 0 aliphatic carbocycles. The summed E-state index contributed by atoms with van der Waals surface area (Å²) in [4.78, 5) is 13.4. The van der Waals surface area contributed by atoms with Gasteiger partial charge in [-0.2, -0.15) is 0 Å². The summed E-state index contributed by atoms with van der Waals surface area (Å²) in [5, 5.41) is 2.16. The van der Waals surface area contributed by atoms with Gasteiger partial charge in [-0.05, 0) is 47.0 Å². The van der Waals surface area contributed by atoms with Crippen LogP contribution < -0.4 is 4.90 Å². The third-order valence-corrected chi connectivity index (χ3v) is 6.43. The van der Waals surface area contributed by atoms with Crippen molar-refractivity contribution < 1.29 is 0 Å². The number of fused-ring (bicyclic) bond motifs is 1. The Morgan fingerprint density at radius 1 is 0.806 bits per heavy atom. The highest BCUT2D eigenvalue weighted by Crippen LogP contribution is 2.28. The molecule has 0 atom stereocenters. The molecule has 0 radical (unpaired) electrons. The molecule has 31 heavy (non-hydrogen) atoms. The van der Waals surface area contributed by atoms with Crippen molar-refractivity contribution in [2.75, 3.05) is 31.1 Å². The van der Waals surface area contributed by atoms with E-state index in [0.717, 1.165) is 48.6 Å². The summed E-state index contributed by atoms with van der Waals surface area (Å²) in [7, 11) is 0. The van der Waals surface area contributed by atoms with Gasteiger partial charge in [0, 0.05) is 48.8 Å². The largest absolute Gasteiger partial charge is 0.369 e. The Morgan fingerprint density at radius 3 is 2.39 bits per heavy atom. The van der Waals surface area contributed by atoms with E-state index < -0.39 is 0 Å². The maximum Gasteiger partial charge on any atom is 0.140 e. The molecule has 1 fully saturated rings. The van der Waals surface area contributed by atoms with Crippen LogP contribution in [-0.4, -0.2) is 41.0 Å². The van der Waals surface area contributed by atoms with Crippen molar-refractivity contribution in [3.05, 3.63) is 88.8 Å². The Kier molecular flexibility index (Phi) is 5.77. The topological polar surface area (TPSA) is 32.3 Å². The normalized spacial score (nSPS) is 14.8. The molecule has 0 amide bonds.